The fourth-order valence-corrected chi connectivity index (χ4v) is 5.02. The van der Waals surface area contributed by atoms with Crippen LogP contribution in [0, 0.1) is 12.8 Å². The van der Waals surface area contributed by atoms with Gasteiger partial charge in [-0.05, 0) is 87.2 Å². The number of benzene rings is 3. The van der Waals surface area contributed by atoms with E-state index in [0.29, 0.717) is 65.2 Å². The molecule has 1 unspecified atom stereocenters. The van der Waals surface area contributed by atoms with Gasteiger partial charge in [-0.15, -0.1) is 0 Å². The number of anilines is 1. The summed E-state index contributed by atoms with van der Waals surface area (Å²) in [4.78, 5) is 29.5. The van der Waals surface area contributed by atoms with Gasteiger partial charge >= 0.3 is 0 Å². The molecule has 3 aromatic carbocycles. The molecule has 7 heteroatoms. The SMILES string of the molecule is CCOc1ccc(N2C(=O)c3oc4ccc(C)cc4c(=O)c3C2c2ccc(OCCC(C)C)c(OCC)c2)cc1. The van der Waals surface area contributed by atoms with E-state index in [1.165, 1.54) is 0 Å². The van der Waals surface area contributed by atoms with Crippen LogP contribution in [0.1, 0.15) is 67.4 Å². The van der Waals surface area contributed by atoms with Crippen molar-refractivity contribution in [3.63, 3.8) is 0 Å². The number of rotatable bonds is 10. The van der Waals surface area contributed by atoms with Crippen LogP contribution in [0.25, 0.3) is 11.0 Å². The van der Waals surface area contributed by atoms with E-state index in [1.807, 2.05) is 69.3 Å². The second-order valence-electron chi connectivity index (χ2n) is 10.3. The summed E-state index contributed by atoms with van der Waals surface area (Å²) in [5.74, 6) is 2.08. The van der Waals surface area contributed by atoms with E-state index < -0.39 is 6.04 Å². The number of carbonyl (C=O) groups excluding carboxylic acids is 1. The van der Waals surface area contributed by atoms with E-state index in [1.54, 1.807) is 17.0 Å². The lowest BCUT2D eigenvalue weighted by atomic mass is 9.97. The second kappa shape index (κ2) is 11.5. The Hall–Kier alpha value is -4.26. The molecule has 40 heavy (non-hydrogen) atoms. The van der Waals surface area contributed by atoms with Gasteiger partial charge in [-0.3, -0.25) is 14.5 Å². The minimum atomic E-state index is -0.717. The van der Waals surface area contributed by atoms with Crippen LogP contribution < -0.4 is 24.5 Å². The molecule has 208 valence electrons. The first-order chi connectivity index (χ1) is 19.3. The van der Waals surface area contributed by atoms with Crippen LogP contribution in [-0.2, 0) is 0 Å². The monoisotopic (exact) mass is 541 g/mol. The smallest absolute Gasteiger partial charge is 0.295 e. The molecule has 5 rings (SSSR count). The van der Waals surface area contributed by atoms with E-state index in [0.717, 1.165) is 17.5 Å². The summed E-state index contributed by atoms with van der Waals surface area (Å²) in [6.45, 7) is 11.6. The van der Waals surface area contributed by atoms with Gasteiger partial charge in [0.15, 0.2) is 16.9 Å². The summed E-state index contributed by atoms with van der Waals surface area (Å²) < 4.78 is 23.7. The average molecular weight is 542 g/mol. The zero-order chi connectivity index (χ0) is 28.4. The van der Waals surface area contributed by atoms with Crippen LogP contribution in [-0.4, -0.2) is 25.7 Å². The van der Waals surface area contributed by atoms with Gasteiger partial charge in [-0.2, -0.15) is 0 Å². The zero-order valence-corrected chi connectivity index (χ0v) is 23.7. The van der Waals surface area contributed by atoms with Crippen LogP contribution >= 0.6 is 0 Å². The Morgan fingerprint density at radius 2 is 1.62 bits per heavy atom. The predicted octanol–water partition coefficient (Wildman–Crippen LogP) is 7.07. The summed E-state index contributed by atoms with van der Waals surface area (Å²) >= 11 is 0. The third-order valence-corrected chi connectivity index (χ3v) is 6.99. The lowest BCUT2D eigenvalue weighted by Crippen LogP contribution is -2.29. The quantitative estimate of drug-likeness (QED) is 0.214. The Kier molecular flexibility index (Phi) is 7.83. The van der Waals surface area contributed by atoms with Crippen molar-refractivity contribution in [2.75, 3.05) is 24.7 Å². The molecular weight excluding hydrogens is 506 g/mol. The molecule has 0 saturated heterocycles. The molecule has 2 heterocycles. The highest BCUT2D eigenvalue weighted by atomic mass is 16.5. The lowest BCUT2D eigenvalue weighted by Gasteiger charge is -2.26. The van der Waals surface area contributed by atoms with Gasteiger partial charge in [0, 0.05) is 5.69 Å². The second-order valence-corrected chi connectivity index (χ2v) is 10.3. The molecule has 0 aliphatic carbocycles. The average Bonchev–Trinajstić information content (AvgIpc) is 3.23. The first-order valence-electron chi connectivity index (χ1n) is 13.9. The highest BCUT2D eigenvalue weighted by Crippen LogP contribution is 2.43. The molecule has 0 bridgehead atoms. The van der Waals surface area contributed by atoms with Gasteiger partial charge in [-0.25, -0.2) is 0 Å². The van der Waals surface area contributed by atoms with Crippen molar-refractivity contribution in [3.8, 4) is 17.2 Å². The maximum atomic E-state index is 14.0. The van der Waals surface area contributed by atoms with E-state index in [2.05, 4.69) is 13.8 Å². The van der Waals surface area contributed by atoms with E-state index in [9.17, 15) is 9.59 Å². The minimum absolute atomic E-state index is 0.0513. The fourth-order valence-electron chi connectivity index (χ4n) is 5.02. The largest absolute Gasteiger partial charge is 0.494 e. The molecule has 1 atom stereocenters. The Labute approximate surface area is 234 Å². The van der Waals surface area contributed by atoms with Crippen LogP contribution in [0.4, 0.5) is 5.69 Å². The highest BCUT2D eigenvalue weighted by molar-refractivity contribution is 6.10. The van der Waals surface area contributed by atoms with Crippen molar-refractivity contribution in [2.45, 2.75) is 47.1 Å². The van der Waals surface area contributed by atoms with Crippen molar-refractivity contribution >= 4 is 22.6 Å². The number of hydrogen-bond donors (Lipinski definition) is 0. The van der Waals surface area contributed by atoms with Crippen LogP contribution in [0.2, 0.25) is 0 Å². The van der Waals surface area contributed by atoms with Crippen LogP contribution in [0.3, 0.4) is 0 Å². The van der Waals surface area contributed by atoms with Crippen molar-refractivity contribution in [2.24, 2.45) is 5.92 Å². The fraction of sp³-hybridized carbons (Fsp3) is 0.333. The lowest BCUT2D eigenvalue weighted by molar-refractivity contribution is 0.0971. The molecule has 0 fully saturated rings. The van der Waals surface area contributed by atoms with Crippen LogP contribution in [0.15, 0.2) is 69.9 Å². The van der Waals surface area contributed by atoms with Crippen molar-refractivity contribution in [1.29, 1.82) is 0 Å². The molecule has 0 spiro atoms. The minimum Gasteiger partial charge on any atom is -0.494 e. The summed E-state index contributed by atoms with van der Waals surface area (Å²) in [6, 6.07) is 17.6. The van der Waals surface area contributed by atoms with Gasteiger partial charge in [0.1, 0.15) is 11.3 Å². The first kappa shape index (κ1) is 27.3. The topological polar surface area (TPSA) is 78.2 Å². The van der Waals surface area contributed by atoms with Crippen molar-refractivity contribution in [3.05, 3.63) is 93.3 Å². The predicted molar refractivity (Wildman–Crippen MR) is 156 cm³/mol. The van der Waals surface area contributed by atoms with Crippen LogP contribution in [0.5, 0.6) is 17.2 Å². The Morgan fingerprint density at radius 3 is 2.33 bits per heavy atom. The molecule has 1 aliphatic heterocycles. The Bertz CT molecular complexity index is 1590. The molecule has 1 aliphatic rings. The van der Waals surface area contributed by atoms with Gasteiger partial charge in [0.05, 0.1) is 36.8 Å². The van der Waals surface area contributed by atoms with Gasteiger partial charge in [0.25, 0.3) is 5.91 Å². The molecule has 4 aromatic rings. The van der Waals surface area contributed by atoms with E-state index in [4.69, 9.17) is 18.6 Å². The Balaban J connectivity index is 1.67. The standard InChI is InChI=1S/C33H35NO6/c1-6-37-24-12-10-23(11-13-24)34-30(22-9-15-27(28(19-22)38-7-2)39-17-16-20(3)4)29-31(35)25-18-21(5)8-14-26(25)40-32(29)33(34)36/h8-15,18-20,30H,6-7,16-17H2,1-5H3. The number of ether oxygens (including phenoxy) is 3. The van der Waals surface area contributed by atoms with Crippen molar-refractivity contribution in [1.82, 2.24) is 0 Å². The summed E-state index contributed by atoms with van der Waals surface area (Å²) in [5, 5.41) is 0.448. The summed E-state index contributed by atoms with van der Waals surface area (Å²) in [7, 11) is 0. The molecule has 0 radical (unpaired) electrons. The van der Waals surface area contributed by atoms with E-state index >= 15 is 0 Å². The van der Waals surface area contributed by atoms with E-state index in [-0.39, 0.29) is 17.1 Å². The number of nitrogens with zero attached hydrogens (tertiary/aromatic N) is 1. The third kappa shape index (κ3) is 5.16. The third-order valence-electron chi connectivity index (χ3n) is 6.99. The van der Waals surface area contributed by atoms with Crippen molar-refractivity contribution < 1.29 is 23.4 Å². The normalized spacial score (nSPS) is 14.6. The number of amides is 1. The molecule has 7 nitrogen and oxygen atoms in total. The maximum absolute atomic E-state index is 14.0. The summed E-state index contributed by atoms with van der Waals surface area (Å²) in [5.41, 5.74) is 2.76. The number of aryl methyl sites for hydroxylation is 1. The first-order valence-corrected chi connectivity index (χ1v) is 13.9. The Morgan fingerprint density at radius 1 is 0.875 bits per heavy atom. The summed E-state index contributed by atoms with van der Waals surface area (Å²) in [6.07, 6.45) is 0.914. The number of hydrogen-bond acceptors (Lipinski definition) is 6. The number of carbonyl (C=O) groups is 1. The number of fused-ring (bicyclic) bond motifs is 2. The molecule has 0 N–H and O–H groups in total. The zero-order valence-electron chi connectivity index (χ0n) is 23.7. The maximum Gasteiger partial charge on any atom is 0.295 e. The molecule has 1 aromatic heterocycles. The molecule has 1 amide bonds. The van der Waals surface area contributed by atoms with Gasteiger partial charge in [-0.1, -0.05) is 31.5 Å². The van der Waals surface area contributed by atoms with Gasteiger partial charge in [0.2, 0.25) is 5.76 Å². The van der Waals surface area contributed by atoms with Gasteiger partial charge < -0.3 is 18.6 Å². The highest BCUT2D eigenvalue weighted by Gasteiger charge is 2.44. The molecular formula is C33H35NO6. The molecule has 0 saturated carbocycles.